The summed E-state index contributed by atoms with van der Waals surface area (Å²) in [5.74, 6) is 0.249. The van der Waals surface area contributed by atoms with E-state index in [2.05, 4.69) is 43.0 Å². The van der Waals surface area contributed by atoms with Crippen LogP contribution in [0.4, 0.5) is 0 Å². The predicted molar refractivity (Wildman–Crippen MR) is 68.7 cm³/mol. The molecule has 0 aromatic heterocycles. The second kappa shape index (κ2) is 5.32. The number of benzene rings is 1. The molecule has 3 nitrogen and oxygen atoms in total. The molecule has 1 saturated heterocycles. The van der Waals surface area contributed by atoms with E-state index in [9.17, 15) is 4.79 Å². The van der Waals surface area contributed by atoms with E-state index in [1.54, 1.807) is 0 Å². The Morgan fingerprint density at radius 2 is 1.88 bits per heavy atom. The van der Waals surface area contributed by atoms with E-state index >= 15 is 0 Å². The topological polar surface area (TPSA) is 23.6 Å². The maximum Gasteiger partial charge on any atom is 0.237 e. The van der Waals surface area contributed by atoms with Gasteiger partial charge in [-0.1, -0.05) is 36.8 Å². The summed E-state index contributed by atoms with van der Waals surface area (Å²) in [4.78, 5) is 16.1. The molecule has 0 radical (unpaired) electrons. The number of piperazine rings is 1. The molecule has 0 unspecified atom stereocenters. The highest BCUT2D eigenvalue weighted by molar-refractivity contribution is 5.79. The Labute approximate surface area is 103 Å². The molecule has 0 spiro atoms. The van der Waals surface area contributed by atoms with E-state index in [4.69, 9.17) is 0 Å². The highest BCUT2D eigenvalue weighted by Gasteiger charge is 2.22. The molecular formula is C14H20N2O. The number of nitrogens with zero attached hydrogens (tertiary/aromatic N) is 2. The van der Waals surface area contributed by atoms with E-state index in [-0.39, 0.29) is 5.91 Å². The van der Waals surface area contributed by atoms with Crippen LogP contribution >= 0.6 is 0 Å². The van der Waals surface area contributed by atoms with Gasteiger partial charge in [0.05, 0.1) is 6.54 Å². The molecule has 1 amide bonds. The summed E-state index contributed by atoms with van der Waals surface area (Å²) < 4.78 is 0. The molecule has 0 saturated carbocycles. The van der Waals surface area contributed by atoms with Crippen molar-refractivity contribution in [2.24, 2.45) is 0 Å². The van der Waals surface area contributed by atoms with Crippen LogP contribution in [0.15, 0.2) is 24.3 Å². The largest absolute Gasteiger partial charge is 0.336 e. The zero-order valence-corrected chi connectivity index (χ0v) is 10.6. The molecule has 1 aliphatic heterocycles. The highest BCUT2D eigenvalue weighted by Crippen LogP contribution is 2.10. The number of amides is 1. The normalized spacial score (nSPS) is 17.5. The van der Waals surface area contributed by atoms with E-state index in [1.807, 2.05) is 4.90 Å². The molecule has 3 heteroatoms. The summed E-state index contributed by atoms with van der Waals surface area (Å²) in [6, 6.07) is 8.41. The Morgan fingerprint density at radius 1 is 1.18 bits per heavy atom. The first-order chi connectivity index (χ1) is 8.19. The van der Waals surface area contributed by atoms with Crippen LogP contribution in [0, 0.1) is 6.92 Å². The average molecular weight is 232 g/mol. The van der Waals surface area contributed by atoms with Crippen molar-refractivity contribution < 1.29 is 4.79 Å². The van der Waals surface area contributed by atoms with Gasteiger partial charge in [0.25, 0.3) is 0 Å². The van der Waals surface area contributed by atoms with Crippen molar-refractivity contribution in [3.05, 3.63) is 35.4 Å². The third-order valence-corrected chi connectivity index (χ3v) is 3.34. The first-order valence-corrected chi connectivity index (χ1v) is 6.24. The third kappa shape index (κ3) is 3.07. The van der Waals surface area contributed by atoms with Crippen molar-refractivity contribution in [2.45, 2.75) is 20.4 Å². The van der Waals surface area contributed by atoms with Gasteiger partial charge in [-0.15, -0.1) is 0 Å². The number of likely N-dealkylation sites (N-methyl/N-ethyl adjacent to an activating group) is 1. The maximum absolute atomic E-state index is 11.9. The summed E-state index contributed by atoms with van der Waals surface area (Å²) >= 11 is 0. The molecule has 2 rings (SSSR count). The lowest BCUT2D eigenvalue weighted by Gasteiger charge is -2.33. The average Bonchev–Trinajstić information content (AvgIpc) is 2.34. The van der Waals surface area contributed by atoms with Gasteiger partial charge in [0.2, 0.25) is 5.91 Å². The molecule has 0 N–H and O–H groups in total. The molecule has 92 valence electrons. The van der Waals surface area contributed by atoms with Crippen LogP contribution in [0.5, 0.6) is 0 Å². The van der Waals surface area contributed by atoms with Gasteiger partial charge < -0.3 is 4.90 Å². The van der Waals surface area contributed by atoms with Crippen molar-refractivity contribution in [3.63, 3.8) is 0 Å². The lowest BCUT2D eigenvalue weighted by molar-refractivity contribution is -0.136. The molecule has 0 aliphatic carbocycles. The number of carbonyl (C=O) groups excluding carboxylic acids is 1. The van der Waals surface area contributed by atoms with Crippen LogP contribution in [0.3, 0.4) is 0 Å². The zero-order valence-electron chi connectivity index (χ0n) is 10.6. The number of hydrogen-bond donors (Lipinski definition) is 0. The second-order valence-electron chi connectivity index (χ2n) is 4.67. The van der Waals surface area contributed by atoms with Crippen LogP contribution < -0.4 is 0 Å². The zero-order chi connectivity index (χ0) is 12.3. The van der Waals surface area contributed by atoms with Crippen LogP contribution in [-0.2, 0) is 11.3 Å². The van der Waals surface area contributed by atoms with Gasteiger partial charge in [-0.3, -0.25) is 9.69 Å². The molecule has 1 aromatic carbocycles. The van der Waals surface area contributed by atoms with E-state index in [0.717, 1.165) is 26.2 Å². The minimum atomic E-state index is 0.249. The van der Waals surface area contributed by atoms with Gasteiger partial charge in [0.15, 0.2) is 0 Å². The molecule has 1 aliphatic rings. The third-order valence-electron chi connectivity index (χ3n) is 3.34. The molecule has 1 heterocycles. The fourth-order valence-corrected chi connectivity index (χ4v) is 2.11. The van der Waals surface area contributed by atoms with Gasteiger partial charge >= 0.3 is 0 Å². The summed E-state index contributed by atoms with van der Waals surface area (Å²) in [5.41, 5.74) is 2.48. The molecular weight excluding hydrogens is 212 g/mol. The monoisotopic (exact) mass is 232 g/mol. The van der Waals surface area contributed by atoms with E-state index in [1.165, 1.54) is 11.1 Å². The van der Waals surface area contributed by atoms with Crippen molar-refractivity contribution in [1.82, 2.24) is 9.80 Å². The van der Waals surface area contributed by atoms with Crippen molar-refractivity contribution >= 4 is 5.91 Å². The van der Waals surface area contributed by atoms with Gasteiger partial charge in [0.1, 0.15) is 0 Å². The Morgan fingerprint density at radius 3 is 2.47 bits per heavy atom. The molecule has 17 heavy (non-hydrogen) atoms. The number of rotatable bonds is 3. The summed E-state index contributed by atoms with van der Waals surface area (Å²) in [6.07, 6.45) is 0. The minimum absolute atomic E-state index is 0.249. The molecule has 0 atom stereocenters. The fourth-order valence-electron chi connectivity index (χ4n) is 2.11. The van der Waals surface area contributed by atoms with Crippen LogP contribution in [0.1, 0.15) is 18.1 Å². The van der Waals surface area contributed by atoms with Crippen molar-refractivity contribution in [2.75, 3.05) is 26.2 Å². The lowest BCUT2D eigenvalue weighted by Crippen LogP contribution is -2.49. The Bertz CT molecular complexity index is 386. The molecule has 0 bridgehead atoms. The van der Waals surface area contributed by atoms with Crippen molar-refractivity contribution in [1.29, 1.82) is 0 Å². The van der Waals surface area contributed by atoms with Gasteiger partial charge in [-0.05, 0) is 19.0 Å². The molecule has 1 fully saturated rings. The van der Waals surface area contributed by atoms with Crippen molar-refractivity contribution in [3.8, 4) is 0 Å². The van der Waals surface area contributed by atoms with E-state index in [0.29, 0.717) is 6.54 Å². The Hall–Kier alpha value is -1.35. The van der Waals surface area contributed by atoms with Gasteiger partial charge in [0, 0.05) is 19.6 Å². The Kier molecular flexibility index (Phi) is 3.79. The first-order valence-electron chi connectivity index (χ1n) is 6.24. The van der Waals surface area contributed by atoms with Gasteiger partial charge in [-0.25, -0.2) is 0 Å². The Balaban J connectivity index is 1.96. The van der Waals surface area contributed by atoms with Gasteiger partial charge in [-0.2, -0.15) is 0 Å². The summed E-state index contributed by atoms with van der Waals surface area (Å²) in [5, 5.41) is 0. The standard InChI is InChI=1S/C14H20N2O/c1-3-15-8-9-16(14(17)11-15)10-13-6-4-12(2)5-7-13/h4-7H,3,8-11H2,1-2H3. The van der Waals surface area contributed by atoms with Crippen LogP contribution in [0.2, 0.25) is 0 Å². The highest BCUT2D eigenvalue weighted by atomic mass is 16.2. The first kappa shape index (κ1) is 12.1. The summed E-state index contributed by atoms with van der Waals surface area (Å²) in [6.45, 7) is 8.30. The fraction of sp³-hybridized carbons (Fsp3) is 0.500. The SMILES string of the molecule is CCN1CCN(Cc2ccc(C)cc2)C(=O)C1. The lowest BCUT2D eigenvalue weighted by atomic mass is 10.1. The second-order valence-corrected chi connectivity index (χ2v) is 4.67. The number of carbonyl (C=O) groups is 1. The smallest absolute Gasteiger partial charge is 0.237 e. The minimum Gasteiger partial charge on any atom is -0.336 e. The van der Waals surface area contributed by atoms with Crippen LogP contribution in [-0.4, -0.2) is 41.9 Å². The number of aryl methyl sites for hydroxylation is 1. The number of hydrogen-bond acceptors (Lipinski definition) is 2. The predicted octanol–water partition coefficient (Wildman–Crippen LogP) is 1.66. The quantitative estimate of drug-likeness (QED) is 0.791. The van der Waals surface area contributed by atoms with Crippen LogP contribution in [0.25, 0.3) is 0 Å². The maximum atomic E-state index is 11.9. The molecule has 1 aromatic rings. The van der Waals surface area contributed by atoms with E-state index < -0.39 is 0 Å². The summed E-state index contributed by atoms with van der Waals surface area (Å²) in [7, 11) is 0.